The summed E-state index contributed by atoms with van der Waals surface area (Å²) in [7, 11) is 0. The Bertz CT molecular complexity index is 1140. The molecule has 4 nitrogen and oxygen atoms in total. The van der Waals surface area contributed by atoms with Crippen LogP contribution in [0.3, 0.4) is 0 Å². The summed E-state index contributed by atoms with van der Waals surface area (Å²) in [5.74, 6) is 0.627. The third kappa shape index (κ3) is 3.91. The Morgan fingerprint density at radius 2 is 1.79 bits per heavy atom. The van der Waals surface area contributed by atoms with Crippen molar-refractivity contribution in [1.82, 2.24) is 5.32 Å². The highest BCUT2D eigenvalue weighted by atomic mass is 32.2. The molecule has 1 heterocycles. The minimum absolute atomic E-state index is 0.143. The van der Waals surface area contributed by atoms with E-state index in [2.05, 4.69) is 11.4 Å². The van der Waals surface area contributed by atoms with Gasteiger partial charge in [0.15, 0.2) is 5.17 Å². The third-order valence-corrected chi connectivity index (χ3v) is 5.72. The molecule has 4 rings (SSSR count). The van der Waals surface area contributed by atoms with Gasteiger partial charge in [0.2, 0.25) is 0 Å². The lowest BCUT2D eigenvalue weighted by Gasteiger charge is -2.11. The number of carbonyl (C=O) groups excluding carboxylic acids is 1. The number of thioether (sulfide) groups is 1. The summed E-state index contributed by atoms with van der Waals surface area (Å²) < 4.78 is 5.83. The van der Waals surface area contributed by atoms with Crippen molar-refractivity contribution in [2.24, 2.45) is 4.99 Å². The van der Waals surface area contributed by atoms with Gasteiger partial charge in [-0.25, -0.2) is 4.99 Å². The number of benzene rings is 3. The van der Waals surface area contributed by atoms with Crippen molar-refractivity contribution in [3.8, 4) is 5.75 Å². The van der Waals surface area contributed by atoms with Crippen molar-refractivity contribution >= 4 is 45.4 Å². The predicted octanol–water partition coefficient (Wildman–Crippen LogP) is 5.75. The lowest BCUT2D eigenvalue weighted by molar-refractivity contribution is -0.115. The topological polar surface area (TPSA) is 50.7 Å². The number of carbonyl (C=O) groups is 1. The molecule has 29 heavy (non-hydrogen) atoms. The first-order valence-electron chi connectivity index (χ1n) is 9.57. The van der Waals surface area contributed by atoms with Crippen LogP contribution in [0.4, 0.5) is 5.69 Å². The number of fused-ring (bicyclic) bond motifs is 1. The average Bonchev–Trinajstić information content (AvgIpc) is 3.06. The molecule has 0 saturated carbocycles. The van der Waals surface area contributed by atoms with Crippen LogP contribution in [-0.4, -0.2) is 17.7 Å². The molecule has 146 valence electrons. The summed E-state index contributed by atoms with van der Waals surface area (Å²) in [6.45, 7) is 6.57. The monoisotopic (exact) mass is 402 g/mol. The number of amidine groups is 1. The highest BCUT2D eigenvalue weighted by Gasteiger charge is 2.25. The zero-order valence-electron chi connectivity index (χ0n) is 16.7. The minimum atomic E-state index is -0.143. The molecule has 3 aromatic carbocycles. The van der Waals surface area contributed by atoms with E-state index in [9.17, 15) is 4.79 Å². The molecule has 1 saturated heterocycles. The smallest absolute Gasteiger partial charge is 0.264 e. The van der Waals surface area contributed by atoms with Crippen molar-refractivity contribution in [3.63, 3.8) is 0 Å². The molecule has 1 N–H and O–H groups in total. The first-order valence-corrected chi connectivity index (χ1v) is 10.4. The Balaban J connectivity index is 1.75. The number of aliphatic imine (C=N–C) groups is 1. The number of aryl methyl sites for hydroxylation is 2. The molecule has 3 aromatic rings. The van der Waals surface area contributed by atoms with E-state index >= 15 is 0 Å². The van der Waals surface area contributed by atoms with Gasteiger partial charge >= 0.3 is 0 Å². The summed E-state index contributed by atoms with van der Waals surface area (Å²) in [5.41, 5.74) is 3.97. The van der Waals surface area contributed by atoms with Crippen LogP contribution in [0.25, 0.3) is 16.8 Å². The summed E-state index contributed by atoms with van der Waals surface area (Å²) >= 11 is 1.36. The van der Waals surface area contributed by atoms with Gasteiger partial charge in [-0.1, -0.05) is 48.5 Å². The van der Waals surface area contributed by atoms with E-state index in [0.717, 1.165) is 38.9 Å². The average molecular weight is 403 g/mol. The lowest BCUT2D eigenvalue weighted by atomic mass is 10.0. The first kappa shape index (κ1) is 19.3. The van der Waals surface area contributed by atoms with E-state index in [-0.39, 0.29) is 5.91 Å². The van der Waals surface area contributed by atoms with Crippen LogP contribution in [0.15, 0.2) is 64.5 Å². The first-order chi connectivity index (χ1) is 14.1. The summed E-state index contributed by atoms with van der Waals surface area (Å²) in [6.07, 6.45) is 1.90. The van der Waals surface area contributed by atoms with Gasteiger partial charge in [-0.15, -0.1) is 0 Å². The second kappa shape index (κ2) is 8.13. The number of ether oxygens (including phenoxy) is 1. The maximum Gasteiger partial charge on any atom is 0.264 e. The van der Waals surface area contributed by atoms with Gasteiger partial charge in [0.1, 0.15) is 5.75 Å². The summed E-state index contributed by atoms with van der Waals surface area (Å²) in [6, 6.07) is 18.2. The van der Waals surface area contributed by atoms with Crippen molar-refractivity contribution in [1.29, 1.82) is 0 Å². The normalized spacial score (nSPS) is 16.6. The summed E-state index contributed by atoms with van der Waals surface area (Å²) in [4.78, 5) is 17.9. The number of rotatable bonds is 4. The zero-order valence-corrected chi connectivity index (χ0v) is 17.5. The standard InChI is InChI=1S/C24H22N2O2S/c1-4-28-20-13-12-17-10-5-6-11-18(17)19(20)14-21-23(27)26-24(29-21)25-22-15(2)8-7-9-16(22)3/h5-14H,4H2,1-3H3,(H,25,26,27)/b21-14-. The molecular weight excluding hydrogens is 380 g/mol. The van der Waals surface area contributed by atoms with Crippen molar-refractivity contribution in [2.75, 3.05) is 6.61 Å². The Morgan fingerprint density at radius 1 is 1.03 bits per heavy atom. The van der Waals surface area contributed by atoms with Gasteiger partial charge < -0.3 is 10.1 Å². The summed E-state index contributed by atoms with van der Waals surface area (Å²) in [5, 5.41) is 5.65. The fourth-order valence-electron chi connectivity index (χ4n) is 3.40. The molecule has 1 aliphatic rings. The molecule has 0 unspecified atom stereocenters. The van der Waals surface area contributed by atoms with E-state index < -0.39 is 0 Å². The van der Waals surface area contributed by atoms with Crippen LogP contribution in [0, 0.1) is 13.8 Å². The minimum Gasteiger partial charge on any atom is -0.493 e. The number of nitrogens with zero attached hydrogens (tertiary/aromatic N) is 1. The maximum absolute atomic E-state index is 12.6. The molecule has 0 atom stereocenters. The fraction of sp³-hybridized carbons (Fsp3) is 0.167. The molecular formula is C24H22N2O2S. The molecule has 5 heteroatoms. The molecule has 1 amide bonds. The van der Waals surface area contributed by atoms with E-state index in [0.29, 0.717) is 16.7 Å². The third-order valence-electron chi connectivity index (χ3n) is 4.81. The van der Waals surface area contributed by atoms with Gasteiger partial charge in [-0.2, -0.15) is 0 Å². The van der Waals surface area contributed by atoms with Gasteiger partial charge in [0, 0.05) is 5.56 Å². The molecule has 0 radical (unpaired) electrons. The van der Waals surface area contributed by atoms with E-state index in [1.54, 1.807) is 0 Å². The van der Waals surface area contributed by atoms with E-state index in [4.69, 9.17) is 9.73 Å². The quantitative estimate of drug-likeness (QED) is 0.566. The van der Waals surface area contributed by atoms with E-state index in [1.165, 1.54) is 11.8 Å². The molecule has 0 aliphatic carbocycles. The zero-order chi connectivity index (χ0) is 20.4. The molecule has 0 spiro atoms. The largest absolute Gasteiger partial charge is 0.493 e. The predicted molar refractivity (Wildman–Crippen MR) is 122 cm³/mol. The Hall–Kier alpha value is -3.05. The Kier molecular flexibility index (Phi) is 5.41. The van der Waals surface area contributed by atoms with Gasteiger partial charge in [0.05, 0.1) is 17.2 Å². The lowest BCUT2D eigenvalue weighted by Crippen LogP contribution is -2.19. The van der Waals surface area contributed by atoms with Crippen LogP contribution < -0.4 is 10.1 Å². The van der Waals surface area contributed by atoms with Gasteiger partial charge in [0.25, 0.3) is 5.91 Å². The van der Waals surface area contributed by atoms with Gasteiger partial charge in [-0.05, 0) is 66.6 Å². The number of hydrogen-bond acceptors (Lipinski definition) is 4. The Labute approximate surface area is 174 Å². The maximum atomic E-state index is 12.6. The van der Waals surface area contributed by atoms with Gasteiger partial charge in [-0.3, -0.25) is 4.79 Å². The van der Waals surface area contributed by atoms with Crippen LogP contribution in [0.1, 0.15) is 23.6 Å². The second-order valence-electron chi connectivity index (χ2n) is 6.85. The van der Waals surface area contributed by atoms with Crippen molar-refractivity contribution in [3.05, 3.63) is 76.2 Å². The highest BCUT2D eigenvalue weighted by Crippen LogP contribution is 2.35. The molecule has 1 fully saturated rings. The molecule has 0 bridgehead atoms. The number of amides is 1. The van der Waals surface area contributed by atoms with E-state index in [1.807, 2.05) is 75.4 Å². The Morgan fingerprint density at radius 3 is 2.55 bits per heavy atom. The van der Waals surface area contributed by atoms with Crippen molar-refractivity contribution in [2.45, 2.75) is 20.8 Å². The van der Waals surface area contributed by atoms with Crippen LogP contribution in [-0.2, 0) is 4.79 Å². The number of hydrogen-bond donors (Lipinski definition) is 1. The SMILES string of the molecule is CCOc1ccc2ccccc2c1/C=C1\SC(=Nc2c(C)cccc2C)NC1=O. The van der Waals surface area contributed by atoms with Crippen LogP contribution >= 0.6 is 11.8 Å². The van der Waals surface area contributed by atoms with Crippen LogP contribution in [0.2, 0.25) is 0 Å². The number of para-hydroxylation sites is 1. The van der Waals surface area contributed by atoms with Crippen molar-refractivity contribution < 1.29 is 9.53 Å². The molecule has 1 aliphatic heterocycles. The second-order valence-corrected chi connectivity index (χ2v) is 7.88. The molecule has 0 aromatic heterocycles. The highest BCUT2D eigenvalue weighted by molar-refractivity contribution is 8.18. The van der Waals surface area contributed by atoms with Crippen LogP contribution in [0.5, 0.6) is 5.75 Å². The fourth-order valence-corrected chi connectivity index (χ4v) is 4.21. The number of nitrogens with one attached hydrogen (secondary N) is 1.